The fourth-order valence-electron chi connectivity index (χ4n) is 2.24. The fraction of sp³-hybridized carbons (Fsp3) is 0.333. The number of likely N-dealkylation sites (N-methyl/N-ethyl adjacent to an activating group) is 1. The predicted molar refractivity (Wildman–Crippen MR) is 95.0 cm³/mol. The van der Waals surface area contributed by atoms with Crippen molar-refractivity contribution >= 4 is 23.2 Å². The molecular formula is C18H22N2O3S. The molecule has 0 aliphatic carbocycles. The minimum absolute atomic E-state index is 0.0297. The van der Waals surface area contributed by atoms with E-state index in [4.69, 9.17) is 0 Å². The van der Waals surface area contributed by atoms with E-state index in [9.17, 15) is 9.59 Å². The first-order valence-electron chi connectivity index (χ1n) is 7.69. The fourth-order valence-corrected chi connectivity index (χ4v) is 3.09. The van der Waals surface area contributed by atoms with Crippen LogP contribution in [0.4, 0.5) is 0 Å². The average molecular weight is 346 g/mol. The topological polar surface area (TPSA) is 58.6 Å². The standard InChI is InChI=1S/C18H22N2O3S/c1-13(16-5-4-10-24-16)20(2)12-17(21)19-11-14-6-8-15(9-7-14)18(22)23-3/h4-10,13H,11-12H2,1-3H3,(H,19,21). The lowest BCUT2D eigenvalue weighted by molar-refractivity contribution is -0.122. The highest BCUT2D eigenvalue weighted by atomic mass is 32.1. The Kier molecular flexibility index (Phi) is 6.52. The summed E-state index contributed by atoms with van der Waals surface area (Å²) in [7, 11) is 3.29. The van der Waals surface area contributed by atoms with E-state index in [1.807, 2.05) is 35.5 Å². The van der Waals surface area contributed by atoms with Crippen molar-refractivity contribution in [2.24, 2.45) is 0 Å². The largest absolute Gasteiger partial charge is 0.465 e. The quantitative estimate of drug-likeness (QED) is 0.783. The van der Waals surface area contributed by atoms with Crippen LogP contribution in [0.5, 0.6) is 0 Å². The number of amides is 1. The van der Waals surface area contributed by atoms with E-state index in [0.29, 0.717) is 18.7 Å². The predicted octanol–water partition coefficient (Wildman–Crippen LogP) is 2.84. The number of thiophene rings is 1. The molecule has 6 heteroatoms. The van der Waals surface area contributed by atoms with E-state index in [-0.39, 0.29) is 17.9 Å². The van der Waals surface area contributed by atoms with E-state index >= 15 is 0 Å². The van der Waals surface area contributed by atoms with Gasteiger partial charge >= 0.3 is 5.97 Å². The summed E-state index contributed by atoms with van der Waals surface area (Å²) in [6, 6.07) is 11.3. The number of methoxy groups -OCH3 is 1. The first kappa shape index (κ1) is 18.2. The molecular weight excluding hydrogens is 324 g/mol. The van der Waals surface area contributed by atoms with Crippen LogP contribution in [-0.4, -0.2) is 37.5 Å². The number of esters is 1. The molecule has 1 atom stereocenters. The third-order valence-corrected chi connectivity index (χ3v) is 4.92. The minimum Gasteiger partial charge on any atom is -0.465 e. The van der Waals surface area contributed by atoms with Crippen molar-refractivity contribution < 1.29 is 14.3 Å². The lowest BCUT2D eigenvalue weighted by atomic mass is 10.1. The highest BCUT2D eigenvalue weighted by Gasteiger charge is 2.15. The smallest absolute Gasteiger partial charge is 0.337 e. The van der Waals surface area contributed by atoms with Gasteiger partial charge in [0, 0.05) is 17.5 Å². The van der Waals surface area contributed by atoms with Gasteiger partial charge in [0.1, 0.15) is 0 Å². The zero-order valence-electron chi connectivity index (χ0n) is 14.1. The number of benzene rings is 1. The second-order valence-electron chi connectivity index (χ2n) is 5.57. The van der Waals surface area contributed by atoms with Crippen molar-refractivity contribution in [3.05, 3.63) is 57.8 Å². The summed E-state index contributed by atoms with van der Waals surface area (Å²) in [4.78, 5) is 26.7. The molecule has 2 aromatic rings. The molecule has 2 rings (SSSR count). The Morgan fingerprint density at radius 2 is 1.96 bits per heavy atom. The van der Waals surface area contributed by atoms with Crippen LogP contribution in [0.2, 0.25) is 0 Å². The molecule has 1 aromatic heterocycles. The molecule has 128 valence electrons. The van der Waals surface area contributed by atoms with Gasteiger partial charge in [-0.1, -0.05) is 18.2 Å². The van der Waals surface area contributed by atoms with Crippen LogP contribution in [0, 0.1) is 0 Å². The van der Waals surface area contributed by atoms with Crippen LogP contribution in [0.3, 0.4) is 0 Å². The lowest BCUT2D eigenvalue weighted by Crippen LogP contribution is -2.35. The SMILES string of the molecule is COC(=O)c1ccc(CNC(=O)CN(C)C(C)c2cccs2)cc1. The van der Waals surface area contributed by atoms with Crippen LogP contribution in [0.15, 0.2) is 41.8 Å². The van der Waals surface area contributed by atoms with E-state index in [1.165, 1.54) is 12.0 Å². The van der Waals surface area contributed by atoms with Gasteiger partial charge in [-0.05, 0) is 43.1 Å². The van der Waals surface area contributed by atoms with E-state index in [1.54, 1.807) is 23.5 Å². The molecule has 0 aliphatic rings. The minimum atomic E-state index is -0.366. The van der Waals surface area contributed by atoms with Gasteiger partial charge in [-0.2, -0.15) is 0 Å². The third-order valence-electron chi connectivity index (χ3n) is 3.87. The monoisotopic (exact) mass is 346 g/mol. The normalized spacial score (nSPS) is 12.0. The molecule has 1 unspecified atom stereocenters. The van der Waals surface area contributed by atoms with Crippen molar-refractivity contribution in [2.75, 3.05) is 20.7 Å². The summed E-state index contributed by atoms with van der Waals surface area (Å²) in [5.74, 6) is -0.396. The van der Waals surface area contributed by atoms with Crippen LogP contribution < -0.4 is 5.32 Å². The average Bonchev–Trinajstić information content (AvgIpc) is 3.13. The zero-order valence-corrected chi connectivity index (χ0v) is 14.9. The number of carbonyl (C=O) groups excluding carboxylic acids is 2. The number of nitrogens with zero attached hydrogens (tertiary/aromatic N) is 1. The van der Waals surface area contributed by atoms with Crippen LogP contribution >= 0.6 is 11.3 Å². The third kappa shape index (κ3) is 4.91. The van der Waals surface area contributed by atoms with E-state index in [2.05, 4.69) is 23.0 Å². The Balaban J connectivity index is 1.81. The Bertz CT molecular complexity index is 668. The zero-order chi connectivity index (χ0) is 17.5. The number of carbonyl (C=O) groups is 2. The van der Waals surface area contributed by atoms with Gasteiger partial charge in [-0.3, -0.25) is 9.69 Å². The second-order valence-corrected chi connectivity index (χ2v) is 6.55. The molecule has 1 aromatic carbocycles. The summed E-state index contributed by atoms with van der Waals surface area (Å²) in [6.07, 6.45) is 0. The van der Waals surface area contributed by atoms with Gasteiger partial charge in [0.15, 0.2) is 0 Å². The number of rotatable bonds is 7. The molecule has 1 heterocycles. The molecule has 1 N–H and O–H groups in total. The molecule has 24 heavy (non-hydrogen) atoms. The number of hydrogen-bond acceptors (Lipinski definition) is 5. The molecule has 1 amide bonds. The summed E-state index contributed by atoms with van der Waals surface area (Å²) in [6.45, 7) is 2.85. The summed E-state index contributed by atoms with van der Waals surface area (Å²) >= 11 is 1.69. The van der Waals surface area contributed by atoms with Crippen molar-refractivity contribution in [2.45, 2.75) is 19.5 Å². The molecule has 5 nitrogen and oxygen atoms in total. The molecule has 0 radical (unpaired) electrons. The molecule has 0 saturated carbocycles. The Labute approximate surface area is 146 Å². The molecule has 0 aliphatic heterocycles. The lowest BCUT2D eigenvalue weighted by Gasteiger charge is -2.23. The number of ether oxygens (including phenoxy) is 1. The summed E-state index contributed by atoms with van der Waals surface area (Å²) < 4.78 is 4.66. The molecule has 0 spiro atoms. The maximum Gasteiger partial charge on any atom is 0.337 e. The first-order chi connectivity index (χ1) is 11.5. The van der Waals surface area contributed by atoms with E-state index < -0.39 is 0 Å². The van der Waals surface area contributed by atoms with Crippen LogP contribution in [0.1, 0.15) is 33.8 Å². The van der Waals surface area contributed by atoms with Crippen molar-refractivity contribution in [1.29, 1.82) is 0 Å². The van der Waals surface area contributed by atoms with Crippen molar-refractivity contribution in [3.63, 3.8) is 0 Å². The van der Waals surface area contributed by atoms with Gasteiger partial charge in [0.2, 0.25) is 5.91 Å². The first-order valence-corrected chi connectivity index (χ1v) is 8.57. The van der Waals surface area contributed by atoms with Crippen LogP contribution in [0.25, 0.3) is 0 Å². The summed E-state index contributed by atoms with van der Waals surface area (Å²) in [5.41, 5.74) is 1.43. The highest BCUT2D eigenvalue weighted by Crippen LogP contribution is 2.22. The van der Waals surface area contributed by atoms with Crippen LogP contribution in [-0.2, 0) is 16.1 Å². The van der Waals surface area contributed by atoms with Gasteiger partial charge in [0.25, 0.3) is 0 Å². The van der Waals surface area contributed by atoms with Gasteiger partial charge < -0.3 is 10.1 Å². The van der Waals surface area contributed by atoms with Crippen molar-refractivity contribution in [3.8, 4) is 0 Å². The second kappa shape index (κ2) is 8.61. The Hall–Kier alpha value is -2.18. The van der Waals surface area contributed by atoms with Gasteiger partial charge in [0.05, 0.1) is 19.2 Å². The Morgan fingerprint density at radius 3 is 2.54 bits per heavy atom. The van der Waals surface area contributed by atoms with Gasteiger partial charge in [-0.25, -0.2) is 4.79 Å². The molecule has 0 fully saturated rings. The van der Waals surface area contributed by atoms with E-state index in [0.717, 1.165) is 5.56 Å². The maximum atomic E-state index is 12.1. The maximum absolute atomic E-state index is 12.1. The number of hydrogen-bond donors (Lipinski definition) is 1. The Morgan fingerprint density at radius 1 is 1.25 bits per heavy atom. The highest BCUT2D eigenvalue weighted by molar-refractivity contribution is 7.10. The molecule has 0 bridgehead atoms. The molecule has 0 saturated heterocycles. The number of nitrogens with one attached hydrogen (secondary N) is 1. The van der Waals surface area contributed by atoms with Crippen molar-refractivity contribution in [1.82, 2.24) is 10.2 Å². The van der Waals surface area contributed by atoms with Gasteiger partial charge in [-0.15, -0.1) is 11.3 Å². The summed E-state index contributed by atoms with van der Waals surface area (Å²) in [5, 5.41) is 4.94.